The summed E-state index contributed by atoms with van der Waals surface area (Å²) in [5.41, 5.74) is 0.255. The lowest BCUT2D eigenvalue weighted by Crippen LogP contribution is -2.27. The van der Waals surface area contributed by atoms with E-state index in [1.807, 2.05) is 6.92 Å². The second-order valence-electron chi connectivity index (χ2n) is 4.55. The van der Waals surface area contributed by atoms with Crippen LogP contribution in [0.5, 0.6) is 0 Å². The summed E-state index contributed by atoms with van der Waals surface area (Å²) in [7, 11) is -3.83. The second-order valence-corrected chi connectivity index (χ2v) is 6.67. The predicted octanol–water partition coefficient (Wildman–Crippen LogP) is 2.03. The maximum atomic E-state index is 14.2. The molecule has 0 aromatic heterocycles. The number of benzene rings is 1. The minimum absolute atomic E-state index is 0.0689. The molecule has 1 aliphatic carbocycles. The number of halogens is 2. The van der Waals surface area contributed by atoms with Gasteiger partial charge in [0.25, 0.3) is 0 Å². The molecule has 1 aromatic carbocycles. The molecule has 2 rings (SSSR count). The quantitative estimate of drug-likeness (QED) is 0.845. The summed E-state index contributed by atoms with van der Waals surface area (Å²) in [6.45, 7) is 2.79. The van der Waals surface area contributed by atoms with Crippen molar-refractivity contribution in [2.24, 2.45) is 0 Å². The lowest BCUT2D eigenvalue weighted by atomic mass is 10.2. The monoisotopic (exact) mass is 306 g/mol. The molecular formula is C12H16ClFN2O2S. The van der Waals surface area contributed by atoms with Crippen LogP contribution < -0.4 is 10.0 Å². The van der Waals surface area contributed by atoms with E-state index in [0.29, 0.717) is 6.54 Å². The zero-order valence-corrected chi connectivity index (χ0v) is 12.1. The predicted molar refractivity (Wildman–Crippen MR) is 72.1 cm³/mol. The molecule has 1 aliphatic rings. The van der Waals surface area contributed by atoms with Crippen LogP contribution in [-0.2, 0) is 16.6 Å². The first-order valence-electron chi connectivity index (χ1n) is 6.15. The van der Waals surface area contributed by atoms with Gasteiger partial charge in [-0.1, -0.05) is 18.5 Å². The molecule has 1 saturated carbocycles. The molecule has 0 aliphatic heterocycles. The second kappa shape index (κ2) is 5.75. The van der Waals surface area contributed by atoms with Crippen LogP contribution in [0.2, 0.25) is 5.02 Å². The van der Waals surface area contributed by atoms with Gasteiger partial charge in [0.15, 0.2) is 0 Å². The normalized spacial score (nSPS) is 15.7. The number of hydrogen-bond acceptors (Lipinski definition) is 3. The standard InChI is InChI=1S/C12H16ClFN2O2S/c1-2-15-7-8-5-9(13)6-11(12(8)14)19(17,18)16-10-3-4-10/h5-6,10,15-16H,2-4,7H2,1H3. The Hall–Kier alpha value is -0.690. The van der Waals surface area contributed by atoms with Crippen molar-refractivity contribution in [3.05, 3.63) is 28.5 Å². The number of rotatable bonds is 6. The summed E-state index contributed by atoms with van der Waals surface area (Å²) in [4.78, 5) is -0.375. The lowest BCUT2D eigenvalue weighted by molar-refractivity contribution is 0.543. The van der Waals surface area contributed by atoms with E-state index in [4.69, 9.17) is 11.6 Å². The van der Waals surface area contributed by atoms with Crippen LogP contribution in [-0.4, -0.2) is 21.0 Å². The van der Waals surface area contributed by atoms with E-state index >= 15 is 0 Å². The van der Waals surface area contributed by atoms with Crippen molar-refractivity contribution in [2.45, 2.75) is 37.2 Å². The molecule has 1 fully saturated rings. The molecule has 0 bridgehead atoms. The van der Waals surface area contributed by atoms with E-state index < -0.39 is 15.8 Å². The fourth-order valence-electron chi connectivity index (χ4n) is 1.69. The first kappa shape index (κ1) is 14.7. The molecule has 0 amide bonds. The third-order valence-corrected chi connectivity index (χ3v) is 4.57. The highest BCUT2D eigenvalue weighted by molar-refractivity contribution is 7.89. The number of hydrogen-bond donors (Lipinski definition) is 2. The Bertz CT molecular complexity index is 573. The Morgan fingerprint density at radius 3 is 2.68 bits per heavy atom. The molecule has 0 radical (unpaired) electrons. The third-order valence-electron chi connectivity index (χ3n) is 2.83. The van der Waals surface area contributed by atoms with Gasteiger partial charge in [0.05, 0.1) is 0 Å². The van der Waals surface area contributed by atoms with Crippen LogP contribution in [0.25, 0.3) is 0 Å². The largest absolute Gasteiger partial charge is 0.313 e. The number of sulfonamides is 1. The summed E-state index contributed by atoms with van der Waals surface area (Å²) in [6, 6.07) is 2.52. The smallest absolute Gasteiger partial charge is 0.243 e. The van der Waals surface area contributed by atoms with E-state index in [-0.39, 0.29) is 28.1 Å². The fourth-order valence-corrected chi connectivity index (χ4v) is 3.44. The highest BCUT2D eigenvalue weighted by Crippen LogP contribution is 2.27. The van der Waals surface area contributed by atoms with E-state index in [9.17, 15) is 12.8 Å². The molecule has 0 saturated heterocycles. The summed E-state index contributed by atoms with van der Waals surface area (Å²) in [5.74, 6) is -0.738. The van der Waals surface area contributed by atoms with Gasteiger partial charge in [0, 0.05) is 23.2 Å². The van der Waals surface area contributed by atoms with Gasteiger partial charge in [-0.3, -0.25) is 0 Å². The highest BCUT2D eigenvalue weighted by atomic mass is 35.5. The van der Waals surface area contributed by atoms with Crippen molar-refractivity contribution in [2.75, 3.05) is 6.54 Å². The van der Waals surface area contributed by atoms with Crippen LogP contribution in [0.3, 0.4) is 0 Å². The van der Waals surface area contributed by atoms with Gasteiger partial charge in [-0.25, -0.2) is 17.5 Å². The van der Waals surface area contributed by atoms with Crippen molar-refractivity contribution in [1.29, 1.82) is 0 Å². The van der Waals surface area contributed by atoms with Gasteiger partial charge in [-0.15, -0.1) is 0 Å². The van der Waals surface area contributed by atoms with Gasteiger partial charge in [0.2, 0.25) is 10.0 Å². The van der Waals surface area contributed by atoms with Crippen molar-refractivity contribution in [3.63, 3.8) is 0 Å². The minimum Gasteiger partial charge on any atom is -0.313 e. The van der Waals surface area contributed by atoms with Crippen LogP contribution >= 0.6 is 11.6 Å². The van der Waals surface area contributed by atoms with Crippen LogP contribution in [0, 0.1) is 5.82 Å². The Kier molecular flexibility index (Phi) is 4.45. The minimum atomic E-state index is -3.83. The summed E-state index contributed by atoms with van der Waals surface area (Å²) in [5, 5.41) is 3.16. The topological polar surface area (TPSA) is 58.2 Å². The van der Waals surface area contributed by atoms with Crippen LogP contribution in [0.15, 0.2) is 17.0 Å². The Morgan fingerprint density at radius 1 is 1.42 bits per heavy atom. The summed E-state index contributed by atoms with van der Waals surface area (Å²) in [6.07, 6.45) is 1.59. The fraction of sp³-hybridized carbons (Fsp3) is 0.500. The van der Waals surface area contributed by atoms with Crippen LogP contribution in [0.4, 0.5) is 4.39 Å². The average molecular weight is 307 g/mol. The maximum absolute atomic E-state index is 14.2. The van der Waals surface area contributed by atoms with Gasteiger partial charge >= 0.3 is 0 Å². The van der Waals surface area contributed by atoms with Gasteiger partial charge in [0.1, 0.15) is 10.7 Å². The Balaban J connectivity index is 2.35. The molecule has 0 heterocycles. The average Bonchev–Trinajstić information content (AvgIpc) is 3.12. The van der Waals surface area contributed by atoms with E-state index in [1.165, 1.54) is 6.07 Å². The van der Waals surface area contributed by atoms with Gasteiger partial charge < -0.3 is 5.32 Å². The molecule has 106 valence electrons. The van der Waals surface area contributed by atoms with Gasteiger partial charge in [-0.2, -0.15) is 0 Å². The third kappa shape index (κ3) is 3.66. The molecule has 1 aromatic rings. The first-order chi connectivity index (χ1) is 8.94. The van der Waals surface area contributed by atoms with Crippen LogP contribution in [0.1, 0.15) is 25.3 Å². The molecule has 19 heavy (non-hydrogen) atoms. The van der Waals surface area contributed by atoms with Crippen molar-refractivity contribution >= 4 is 21.6 Å². The van der Waals surface area contributed by atoms with E-state index in [1.54, 1.807) is 0 Å². The van der Waals surface area contributed by atoms with Gasteiger partial charge in [-0.05, 0) is 31.5 Å². The SMILES string of the molecule is CCNCc1cc(Cl)cc(S(=O)(=O)NC2CC2)c1F. The van der Waals surface area contributed by atoms with E-state index in [0.717, 1.165) is 18.9 Å². The summed E-state index contributed by atoms with van der Waals surface area (Å²) < 4.78 is 40.8. The molecule has 2 N–H and O–H groups in total. The highest BCUT2D eigenvalue weighted by Gasteiger charge is 2.30. The van der Waals surface area contributed by atoms with Crippen molar-refractivity contribution < 1.29 is 12.8 Å². The molecule has 0 unspecified atom stereocenters. The van der Waals surface area contributed by atoms with Crippen molar-refractivity contribution in [3.8, 4) is 0 Å². The Morgan fingerprint density at radius 2 is 2.11 bits per heavy atom. The molecular weight excluding hydrogens is 291 g/mol. The maximum Gasteiger partial charge on any atom is 0.243 e. The molecule has 7 heteroatoms. The zero-order valence-electron chi connectivity index (χ0n) is 10.5. The first-order valence-corrected chi connectivity index (χ1v) is 8.01. The summed E-state index contributed by atoms with van der Waals surface area (Å²) >= 11 is 5.87. The van der Waals surface area contributed by atoms with Crippen molar-refractivity contribution in [1.82, 2.24) is 10.0 Å². The number of nitrogens with one attached hydrogen (secondary N) is 2. The molecule has 4 nitrogen and oxygen atoms in total. The Labute approximate surface area is 117 Å². The zero-order chi connectivity index (χ0) is 14.0. The lowest BCUT2D eigenvalue weighted by Gasteiger charge is -2.11. The van der Waals surface area contributed by atoms with E-state index in [2.05, 4.69) is 10.0 Å². The molecule has 0 spiro atoms. The molecule has 0 atom stereocenters.